The lowest BCUT2D eigenvalue weighted by Gasteiger charge is -2.10. The van der Waals surface area contributed by atoms with E-state index in [0.717, 1.165) is 6.07 Å². The van der Waals surface area contributed by atoms with Crippen LogP contribution in [0, 0.1) is 0 Å². The van der Waals surface area contributed by atoms with Gasteiger partial charge in [-0.15, -0.1) is 0 Å². The molecule has 140 valence electrons. The van der Waals surface area contributed by atoms with Gasteiger partial charge in [-0.2, -0.15) is 13.2 Å². The first-order valence-corrected chi connectivity index (χ1v) is 8.31. The number of nitrogens with zero attached hydrogens (tertiary/aromatic N) is 1. The van der Waals surface area contributed by atoms with Gasteiger partial charge >= 0.3 is 6.18 Å². The molecule has 0 amide bonds. The van der Waals surface area contributed by atoms with Crippen molar-refractivity contribution in [1.82, 2.24) is 4.98 Å². The largest absolute Gasteiger partial charge is 0.432 e. The molecule has 0 bridgehead atoms. The Balaban J connectivity index is 1.97. The number of anilines is 1. The summed E-state index contributed by atoms with van der Waals surface area (Å²) in [5.41, 5.74) is 5.03. The van der Waals surface area contributed by atoms with Crippen LogP contribution in [0.15, 0.2) is 71.1 Å². The van der Waals surface area contributed by atoms with Crippen molar-refractivity contribution in [2.24, 2.45) is 0 Å². The minimum atomic E-state index is -4.70. The Bertz CT molecular complexity index is 1170. The average molecular weight is 382 g/mol. The fourth-order valence-corrected chi connectivity index (χ4v) is 2.99. The maximum Gasteiger partial charge on any atom is 0.417 e. The van der Waals surface area contributed by atoms with E-state index in [9.17, 15) is 18.0 Å². The highest BCUT2D eigenvalue weighted by atomic mass is 19.4. The molecule has 0 spiro atoms. The lowest BCUT2D eigenvalue weighted by atomic mass is 10.0. The number of benzene rings is 2. The van der Waals surface area contributed by atoms with Crippen molar-refractivity contribution < 1.29 is 22.4 Å². The van der Waals surface area contributed by atoms with Gasteiger partial charge in [0.15, 0.2) is 0 Å². The van der Waals surface area contributed by atoms with Gasteiger partial charge in [0.25, 0.3) is 0 Å². The van der Waals surface area contributed by atoms with Gasteiger partial charge in [0, 0.05) is 11.1 Å². The second-order valence-corrected chi connectivity index (χ2v) is 6.14. The predicted molar refractivity (Wildman–Crippen MR) is 98.7 cm³/mol. The third-order valence-corrected chi connectivity index (χ3v) is 4.32. The van der Waals surface area contributed by atoms with Crippen LogP contribution in [0.3, 0.4) is 0 Å². The van der Waals surface area contributed by atoms with Crippen molar-refractivity contribution in [3.05, 3.63) is 83.6 Å². The highest BCUT2D eigenvalue weighted by Crippen LogP contribution is 2.41. The van der Waals surface area contributed by atoms with Gasteiger partial charge in [-0.3, -0.25) is 4.79 Å². The highest BCUT2D eigenvalue weighted by molar-refractivity contribution is 6.14. The van der Waals surface area contributed by atoms with E-state index in [2.05, 4.69) is 4.98 Å². The molecule has 0 saturated heterocycles. The van der Waals surface area contributed by atoms with Gasteiger partial charge in [0.2, 0.25) is 17.3 Å². The molecule has 2 aromatic heterocycles. The second kappa shape index (κ2) is 6.53. The summed E-state index contributed by atoms with van der Waals surface area (Å²) in [6.45, 7) is 0. The predicted octanol–water partition coefficient (Wildman–Crippen LogP) is 5.33. The molecule has 0 saturated carbocycles. The van der Waals surface area contributed by atoms with E-state index in [1.54, 1.807) is 48.5 Å². The van der Waals surface area contributed by atoms with Crippen LogP contribution in [0.4, 0.5) is 18.9 Å². The van der Waals surface area contributed by atoms with Gasteiger partial charge in [-0.05, 0) is 6.07 Å². The summed E-state index contributed by atoms with van der Waals surface area (Å²) in [4.78, 5) is 16.8. The van der Waals surface area contributed by atoms with Gasteiger partial charge in [-0.25, -0.2) is 4.98 Å². The summed E-state index contributed by atoms with van der Waals surface area (Å²) in [6, 6.07) is 17.4. The Morgan fingerprint density at radius 2 is 1.57 bits per heavy atom. The monoisotopic (exact) mass is 382 g/mol. The number of rotatable bonds is 3. The number of nitrogen functional groups attached to an aromatic ring is 1. The quantitative estimate of drug-likeness (QED) is 0.487. The van der Waals surface area contributed by atoms with Gasteiger partial charge in [0.1, 0.15) is 0 Å². The number of pyridine rings is 1. The fourth-order valence-electron chi connectivity index (χ4n) is 2.99. The maximum absolute atomic E-state index is 13.7. The van der Waals surface area contributed by atoms with Crippen molar-refractivity contribution >= 4 is 22.6 Å². The zero-order valence-corrected chi connectivity index (χ0v) is 14.3. The molecule has 0 aliphatic rings. The Morgan fingerprint density at radius 3 is 2.18 bits per heavy atom. The smallest absolute Gasteiger partial charge is 0.417 e. The van der Waals surface area contributed by atoms with Crippen LogP contribution in [0.2, 0.25) is 0 Å². The van der Waals surface area contributed by atoms with Crippen LogP contribution < -0.4 is 5.73 Å². The summed E-state index contributed by atoms with van der Waals surface area (Å²) < 4.78 is 46.6. The van der Waals surface area contributed by atoms with Gasteiger partial charge < -0.3 is 10.2 Å². The van der Waals surface area contributed by atoms with Crippen molar-refractivity contribution in [3.63, 3.8) is 0 Å². The van der Waals surface area contributed by atoms with Crippen molar-refractivity contribution in [3.8, 4) is 11.3 Å². The highest BCUT2D eigenvalue weighted by Gasteiger charge is 2.37. The number of furan rings is 1. The summed E-state index contributed by atoms with van der Waals surface area (Å²) >= 11 is 0. The molecule has 4 nitrogen and oxygen atoms in total. The number of aromatic nitrogens is 1. The molecule has 0 radical (unpaired) electrons. The molecule has 4 aromatic rings. The first kappa shape index (κ1) is 17.8. The van der Waals surface area contributed by atoms with E-state index >= 15 is 0 Å². The number of hydrogen-bond acceptors (Lipinski definition) is 4. The standard InChI is InChI=1S/C21H13F3N2O2/c22-21(23,24)14-11-15(12-7-3-1-4-8-12)26-20-16(14)17(25)19(28-20)18(27)13-9-5-2-6-10-13/h1-11H,25H2. The van der Waals surface area contributed by atoms with E-state index in [0.29, 0.717) is 5.56 Å². The van der Waals surface area contributed by atoms with Gasteiger partial charge in [0.05, 0.1) is 22.3 Å². The first-order valence-electron chi connectivity index (χ1n) is 8.31. The zero-order chi connectivity index (χ0) is 19.9. The normalized spacial score (nSPS) is 11.7. The van der Waals surface area contributed by atoms with E-state index in [4.69, 9.17) is 10.2 Å². The van der Waals surface area contributed by atoms with E-state index in [1.165, 1.54) is 12.1 Å². The Hall–Kier alpha value is -3.61. The summed E-state index contributed by atoms with van der Waals surface area (Å²) in [6.07, 6.45) is -4.70. The molecule has 4 rings (SSSR count). The number of carbonyl (C=O) groups is 1. The number of nitrogens with two attached hydrogens (primary N) is 1. The number of halogens is 3. The van der Waals surface area contributed by atoms with E-state index < -0.39 is 22.9 Å². The first-order chi connectivity index (χ1) is 13.4. The van der Waals surface area contributed by atoms with Crippen LogP contribution in [-0.4, -0.2) is 10.8 Å². The molecular formula is C21H13F3N2O2. The van der Waals surface area contributed by atoms with Gasteiger partial charge in [-0.1, -0.05) is 60.7 Å². The minimum Gasteiger partial charge on any atom is -0.432 e. The number of fused-ring (bicyclic) bond motifs is 1. The number of hydrogen-bond donors (Lipinski definition) is 1. The molecule has 0 aliphatic heterocycles. The molecule has 0 aliphatic carbocycles. The third kappa shape index (κ3) is 3.00. The lowest BCUT2D eigenvalue weighted by molar-refractivity contribution is -0.136. The number of carbonyl (C=O) groups excluding carboxylic acids is 1. The van der Waals surface area contributed by atoms with Crippen LogP contribution in [0.5, 0.6) is 0 Å². The van der Waals surface area contributed by atoms with Crippen LogP contribution in [0.25, 0.3) is 22.4 Å². The Kier molecular flexibility index (Phi) is 4.15. The summed E-state index contributed by atoms with van der Waals surface area (Å²) in [5.74, 6) is -0.963. The van der Waals surface area contributed by atoms with Crippen molar-refractivity contribution in [2.45, 2.75) is 6.18 Å². The van der Waals surface area contributed by atoms with Crippen molar-refractivity contribution in [1.29, 1.82) is 0 Å². The number of alkyl halides is 3. The molecule has 28 heavy (non-hydrogen) atoms. The minimum absolute atomic E-state index is 0.0767. The molecular weight excluding hydrogens is 369 g/mol. The summed E-state index contributed by atoms with van der Waals surface area (Å²) in [7, 11) is 0. The fraction of sp³-hybridized carbons (Fsp3) is 0.0476. The number of ketones is 1. The molecule has 0 atom stereocenters. The lowest BCUT2D eigenvalue weighted by Crippen LogP contribution is -2.08. The van der Waals surface area contributed by atoms with E-state index in [1.807, 2.05) is 0 Å². The molecule has 0 unspecified atom stereocenters. The zero-order valence-electron chi connectivity index (χ0n) is 14.3. The Morgan fingerprint density at radius 1 is 0.964 bits per heavy atom. The topological polar surface area (TPSA) is 69.1 Å². The molecule has 0 fully saturated rings. The van der Waals surface area contributed by atoms with Crippen LogP contribution >= 0.6 is 0 Å². The second-order valence-electron chi connectivity index (χ2n) is 6.14. The third-order valence-electron chi connectivity index (χ3n) is 4.32. The maximum atomic E-state index is 13.7. The molecule has 2 heterocycles. The van der Waals surface area contributed by atoms with Crippen LogP contribution in [0.1, 0.15) is 21.7 Å². The average Bonchev–Trinajstić information content (AvgIpc) is 3.04. The summed E-state index contributed by atoms with van der Waals surface area (Å²) in [5, 5.41) is -0.411. The Labute approximate surface area is 157 Å². The van der Waals surface area contributed by atoms with Crippen LogP contribution in [-0.2, 0) is 6.18 Å². The van der Waals surface area contributed by atoms with E-state index in [-0.39, 0.29) is 28.4 Å². The molecule has 2 N–H and O–H groups in total. The van der Waals surface area contributed by atoms with Crippen molar-refractivity contribution in [2.75, 3.05) is 5.73 Å². The SMILES string of the molecule is Nc1c(C(=O)c2ccccc2)oc2nc(-c3ccccc3)cc(C(F)(F)F)c12. The molecule has 7 heteroatoms. The molecule has 2 aromatic carbocycles.